The Morgan fingerprint density at radius 1 is 1.47 bits per heavy atom. The summed E-state index contributed by atoms with van der Waals surface area (Å²) >= 11 is 5.20. The smallest absolute Gasteiger partial charge is 0.178 e. The summed E-state index contributed by atoms with van der Waals surface area (Å²) in [5.41, 5.74) is 1.34. The Morgan fingerprint density at radius 3 is 2.95 bits per heavy atom. The molecule has 1 unspecified atom stereocenters. The molecule has 1 fully saturated rings. The Kier molecular flexibility index (Phi) is 2.98. The number of H-pyrrole nitrogens is 1. The Bertz CT molecular complexity index is 792. The fraction of sp³-hybridized carbons (Fsp3) is 0.417. The highest BCUT2D eigenvalue weighted by Crippen LogP contribution is 2.24. The number of aromatic amines is 1. The number of rotatable bonds is 2. The molecule has 102 valence electrons. The van der Waals surface area contributed by atoms with Crippen LogP contribution in [0.3, 0.4) is 0 Å². The molecule has 1 aliphatic rings. The van der Waals surface area contributed by atoms with Gasteiger partial charge in [-0.1, -0.05) is 0 Å². The van der Waals surface area contributed by atoms with E-state index in [1.54, 1.807) is 10.6 Å². The number of aromatic nitrogens is 2. The third-order valence-corrected chi connectivity index (χ3v) is 6.17. The summed E-state index contributed by atoms with van der Waals surface area (Å²) in [7, 11) is -3.03. The Morgan fingerprint density at radius 2 is 2.26 bits per heavy atom. The molecule has 1 aromatic carbocycles. The van der Waals surface area contributed by atoms with Crippen molar-refractivity contribution in [3.05, 3.63) is 28.8 Å². The summed E-state index contributed by atoms with van der Waals surface area (Å²) in [5, 5.41) is -0.415. The first kappa shape index (κ1) is 12.8. The molecule has 0 bridgehead atoms. The SMILES string of the molecule is O=S1(=O)CCCC1Cn1c(=S)[nH]c2ccc(F)cc21. The quantitative estimate of drug-likeness (QED) is 0.867. The molecule has 0 aliphatic carbocycles. The van der Waals surface area contributed by atoms with Crippen LogP contribution >= 0.6 is 12.2 Å². The lowest BCUT2D eigenvalue weighted by atomic mass is 10.2. The predicted octanol–water partition coefficient (Wildman–Crippen LogP) is 2.42. The molecule has 0 spiro atoms. The van der Waals surface area contributed by atoms with E-state index in [1.165, 1.54) is 12.1 Å². The van der Waals surface area contributed by atoms with E-state index in [0.29, 0.717) is 29.7 Å². The zero-order chi connectivity index (χ0) is 13.6. The number of nitrogens with zero attached hydrogens (tertiary/aromatic N) is 1. The van der Waals surface area contributed by atoms with Crippen molar-refractivity contribution in [3.8, 4) is 0 Å². The van der Waals surface area contributed by atoms with Crippen molar-refractivity contribution >= 4 is 33.1 Å². The average molecular weight is 300 g/mol. The van der Waals surface area contributed by atoms with Crippen molar-refractivity contribution in [2.75, 3.05) is 5.75 Å². The van der Waals surface area contributed by atoms with Crippen LogP contribution in [0.15, 0.2) is 18.2 Å². The molecular weight excluding hydrogens is 287 g/mol. The van der Waals surface area contributed by atoms with Crippen LogP contribution in [-0.4, -0.2) is 29.0 Å². The molecule has 7 heteroatoms. The number of nitrogens with one attached hydrogen (secondary N) is 1. The second-order valence-corrected chi connectivity index (χ2v) is 7.62. The van der Waals surface area contributed by atoms with Crippen molar-refractivity contribution in [2.45, 2.75) is 24.6 Å². The van der Waals surface area contributed by atoms with Crippen molar-refractivity contribution in [1.82, 2.24) is 9.55 Å². The summed E-state index contributed by atoms with van der Waals surface area (Å²) < 4.78 is 39.2. The van der Waals surface area contributed by atoms with Crippen LogP contribution in [-0.2, 0) is 16.4 Å². The third kappa shape index (κ3) is 2.21. The largest absolute Gasteiger partial charge is 0.331 e. The Labute approximate surface area is 115 Å². The molecule has 1 N–H and O–H groups in total. The highest BCUT2D eigenvalue weighted by atomic mass is 32.2. The predicted molar refractivity (Wildman–Crippen MR) is 73.9 cm³/mol. The van der Waals surface area contributed by atoms with Crippen LogP contribution in [0.25, 0.3) is 11.0 Å². The normalized spacial score (nSPS) is 22.1. The molecule has 0 radical (unpaired) electrons. The maximum atomic E-state index is 13.3. The van der Waals surface area contributed by atoms with E-state index in [4.69, 9.17) is 12.2 Å². The van der Waals surface area contributed by atoms with Gasteiger partial charge in [-0.3, -0.25) is 0 Å². The maximum Gasteiger partial charge on any atom is 0.178 e. The standard InChI is InChI=1S/C12H13FN2O2S2/c13-8-3-4-10-11(6-8)15(12(18)14-10)7-9-2-1-5-19(9,16)17/h3-4,6,9H,1-2,5,7H2,(H,14,18). The third-order valence-electron chi connectivity index (χ3n) is 3.59. The highest BCUT2D eigenvalue weighted by molar-refractivity contribution is 7.92. The second-order valence-electron chi connectivity index (χ2n) is 4.83. The van der Waals surface area contributed by atoms with E-state index >= 15 is 0 Å². The first-order valence-electron chi connectivity index (χ1n) is 6.07. The summed E-state index contributed by atoms with van der Waals surface area (Å²) in [6, 6.07) is 4.34. The topological polar surface area (TPSA) is 54.9 Å². The summed E-state index contributed by atoms with van der Waals surface area (Å²) in [4.78, 5) is 2.97. The lowest BCUT2D eigenvalue weighted by Crippen LogP contribution is -2.22. The molecule has 1 aliphatic heterocycles. The van der Waals surface area contributed by atoms with Gasteiger partial charge < -0.3 is 9.55 Å². The molecule has 2 aromatic rings. The molecule has 4 nitrogen and oxygen atoms in total. The number of sulfone groups is 1. The molecule has 0 saturated carbocycles. The average Bonchev–Trinajstić information content (AvgIpc) is 2.82. The number of fused-ring (bicyclic) bond motifs is 1. The van der Waals surface area contributed by atoms with Gasteiger partial charge in [0.15, 0.2) is 14.6 Å². The zero-order valence-corrected chi connectivity index (χ0v) is 11.7. The minimum absolute atomic E-state index is 0.238. The van der Waals surface area contributed by atoms with Crippen LogP contribution in [0, 0.1) is 10.6 Å². The van der Waals surface area contributed by atoms with Gasteiger partial charge in [0.25, 0.3) is 0 Å². The van der Waals surface area contributed by atoms with Gasteiger partial charge in [0.1, 0.15) is 5.82 Å². The van der Waals surface area contributed by atoms with Crippen molar-refractivity contribution < 1.29 is 12.8 Å². The maximum absolute atomic E-state index is 13.3. The van der Waals surface area contributed by atoms with Crippen LogP contribution < -0.4 is 0 Å². The van der Waals surface area contributed by atoms with Gasteiger partial charge >= 0.3 is 0 Å². The molecule has 0 amide bonds. The fourth-order valence-electron chi connectivity index (χ4n) is 2.57. The molecule has 1 aromatic heterocycles. The Balaban J connectivity index is 2.08. The summed E-state index contributed by atoms with van der Waals surface area (Å²) in [6.07, 6.45) is 1.34. The lowest BCUT2D eigenvalue weighted by molar-refractivity contribution is 0.568. The summed E-state index contributed by atoms with van der Waals surface area (Å²) in [6.45, 7) is 0.296. The highest BCUT2D eigenvalue weighted by Gasteiger charge is 2.31. The van der Waals surface area contributed by atoms with E-state index in [0.717, 1.165) is 5.52 Å². The van der Waals surface area contributed by atoms with Crippen molar-refractivity contribution in [3.63, 3.8) is 0 Å². The van der Waals surface area contributed by atoms with E-state index < -0.39 is 15.1 Å². The van der Waals surface area contributed by atoms with E-state index in [1.807, 2.05) is 0 Å². The van der Waals surface area contributed by atoms with Crippen molar-refractivity contribution in [2.24, 2.45) is 0 Å². The monoisotopic (exact) mass is 300 g/mol. The van der Waals surface area contributed by atoms with E-state index in [-0.39, 0.29) is 11.6 Å². The molecular formula is C12H13FN2O2S2. The minimum Gasteiger partial charge on any atom is -0.331 e. The van der Waals surface area contributed by atoms with Gasteiger partial charge in [-0.25, -0.2) is 12.8 Å². The van der Waals surface area contributed by atoms with Gasteiger partial charge in [0.05, 0.1) is 22.0 Å². The van der Waals surface area contributed by atoms with Gasteiger partial charge in [0, 0.05) is 6.54 Å². The zero-order valence-electron chi connectivity index (χ0n) is 10.1. The van der Waals surface area contributed by atoms with Gasteiger partial charge in [0.2, 0.25) is 0 Å². The second kappa shape index (κ2) is 4.42. The van der Waals surface area contributed by atoms with Gasteiger partial charge in [-0.15, -0.1) is 0 Å². The minimum atomic E-state index is -3.03. The number of imidazole rings is 1. The number of halogens is 1. The van der Waals surface area contributed by atoms with Crippen molar-refractivity contribution in [1.29, 1.82) is 0 Å². The Hall–Kier alpha value is -1.21. The number of hydrogen-bond donors (Lipinski definition) is 1. The van der Waals surface area contributed by atoms with Crippen LogP contribution in [0.2, 0.25) is 0 Å². The van der Waals surface area contributed by atoms with Crippen LogP contribution in [0.5, 0.6) is 0 Å². The van der Waals surface area contributed by atoms with E-state index in [9.17, 15) is 12.8 Å². The fourth-order valence-corrected chi connectivity index (χ4v) is 4.66. The number of benzene rings is 1. The van der Waals surface area contributed by atoms with Gasteiger partial charge in [-0.2, -0.15) is 0 Å². The van der Waals surface area contributed by atoms with Gasteiger partial charge in [-0.05, 0) is 43.3 Å². The molecule has 1 saturated heterocycles. The molecule has 19 heavy (non-hydrogen) atoms. The molecule has 3 rings (SSSR count). The lowest BCUT2D eigenvalue weighted by Gasteiger charge is -2.11. The van der Waals surface area contributed by atoms with Crippen LogP contribution in [0.1, 0.15) is 12.8 Å². The first-order chi connectivity index (χ1) is 8.97. The molecule has 1 atom stereocenters. The summed E-state index contributed by atoms with van der Waals surface area (Å²) in [5.74, 6) is -0.119. The van der Waals surface area contributed by atoms with Crippen LogP contribution in [0.4, 0.5) is 4.39 Å². The molecule has 2 heterocycles. The van der Waals surface area contributed by atoms with E-state index in [2.05, 4.69) is 4.98 Å². The first-order valence-corrected chi connectivity index (χ1v) is 8.19. The number of hydrogen-bond acceptors (Lipinski definition) is 3.